The molecule has 0 atom stereocenters. The quantitative estimate of drug-likeness (QED) is 0.855. The molecule has 1 aromatic carbocycles. The second-order valence-electron chi connectivity index (χ2n) is 4.67. The molecule has 1 aromatic heterocycles. The van der Waals surface area contributed by atoms with Gasteiger partial charge in [-0.3, -0.25) is 14.4 Å². The number of nitrogens with one attached hydrogen (secondary N) is 2. The fourth-order valence-corrected chi connectivity index (χ4v) is 2.00. The summed E-state index contributed by atoms with van der Waals surface area (Å²) < 4.78 is 26.3. The maximum Gasteiger partial charge on any atom is 0.261 e. The number of carbonyl (C=O) groups is 2. The van der Waals surface area contributed by atoms with Crippen LogP contribution in [-0.4, -0.2) is 16.7 Å². The minimum Gasteiger partial charge on any atom is -0.364 e. The zero-order chi connectivity index (χ0) is 16.4. The molecule has 0 radical (unpaired) electrons. The van der Waals surface area contributed by atoms with Gasteiger partial charge in [-0.25, -0.2) is 8.78 Å². The zero-order valence-corrected chi connectivity index (χ0v) is 11.8. The number of benzene rings is 1. The van der Waals surface area contributed by atoms with Crippen molar-refractivity contribution in [1.29, 1.82) is 0 Å². The molecule has 22 heavy (non-hydrogen) atoms. The molecule has 2 aromatic rings. The van der Waals surface area contributed by atoms with E-state index in [0.717, 1.165) is 18.3 Å². The van der Waals surface area contributed by atoms with E-state index in [1.165, 1.54) is 13.8 Å². The second-order valence-corrected chi connectivity index (χ2v) is 4.67. The Kier molecular flexibility index (Phi) is 4.16. The van der Waals surface area contributed by atoms with Gasteiger partial charge < -0.3 is 10.3 Å². The van der Waals surface area contributed by atoms with Crippen LogP contribution in [0.15, 0.2) is 29.2 Å². The van der Waals surface area contributed by atoms with Crippen LogP contribution in [0, 0.1) is 18.6 Å². The topological polar surface area (TPSA) is 79.0 Å². The Morgan fingerprint density at radius 3 is 2.50 bits per heavy atom. The van der Waals surface area contributed by atoms with Crippen LogP contribution in [0.5, 0.6) is 0 Å². The van der Waals surface area contributed by atoms with Crippen molar-refractivity contribution in [3.05, 3.63) is 63.1 Å². The monoisotopic (exact) mass is 306 g/mol. The summed E-state index contributed by atoms with van der Waals surface area (Å²) in [6.07, 6.45) is 1.14. The number of rotatable bonds is 3. The largest absolute Gasteiger partial charge is 0.364 e. The van der Waals surface area contributed by atoms with Gasteiger partial charge in [0.05, 0.1) is 11.3 Å². The summed E-state index contributed by atoms with van der Waals surface area (Å²) in [4.78, 5) is 38.3. The Hall–Kier alpha value is -2.83. The number of Topliss-reactive ketones (excluding diaryl/α,β-unsaturated/α-hetero) is 1. The van der Waals surface area contributed by atoms with Gasteiger partial charge in [-0.15, -0.1) is 0 Å². The predicted molar refractivity (Wildman–Crippen MR) is 76.1 cm³/mol. The van der Waals surface area contributed by atoms with Crippen LogP contribution in [0.2, 0.25) is 0 Å². The molecule has 1 heterocycles. The number of ketones is 1. The molecule has 0 saturated carbocycles. The first kappa shape index (κ1) is 15.6. The van der Waals surface area contributed by atoms with E-state index in [1.54, 1.807) is 0 Å². The maximum atomic E-state index is 13.5. The minimum absolute atomic E-state index is 0.132. The Morgan fingerprint density at radius 2 is 1.91 bits per heavy atom. The van der Waals surface area contributed by atoms with Crippen molar-refractivity contribution in [3.63, 3.8) is 0 Å². The molecular weight excluding hydrogens is 294 g/mol. The van der Waals surface area contributed by atoms with Crippen LogP contribution in [0.1, 0.15) is 33.3 Å². The highest BCUT2D eigenvalue weighted by Gasteiger charge is 2.19. The van der Waals surface area contributed by atoms with E-state index in [2.05, 4.69) is 10.3 Å². The van der Waals surface area contributed by atoms with Crippen molar-refractivity contribution in [2.45, 2.75) is 13.8 Å². The van der Waals surface area contributed by atoms with E-state index in [9.17, 15) is 23.2 Å². The van der Waals surface area contributed by atoms with Crippen molar-refractivity contribution < 1.29 is 18.4 Å². The Bertz CT molecular complexity index is 828. The lowest BCUT2D eigenvalue weighted by Gasteiger charge is -2.08. The fourth-order valence-electron chi connectivity index (χ4n) is 2.00. The lowest BCUT2D eigenvalue weighted by molar-refractivity contribution is 0.101. The highest BCUT2D eigenvalue weighted by atomic mass is 19.1. The Balaban J connectivity index is 2.40. The molecule has 2 rings (SSSR count). The number of aromatic nitrogens is 1. The van der Waals surface area contributed by atoms with Crippen LogP contribution >= 0.6 is 0 Å². The molecule has 0 aliphatic rings. The van der Waals surface area contributed by atoms with E-state index in [4.69, 9.17) is 0 Å². The smallest absolute Gasteiger partial charge is 0.261 e. The molecule has 0 bridgehead atoms. The summed E-state index contributed by atoms with van der Waals surface area (Å²) in [7, 11) is 0. The molecular formula is C15H12F2N2O3. The minimum atomic E-state index is -0.969. The molecule has 0 saturated heterocycles. The summed E-state index contributed by atoms with van der Waals surface area (Å²) in [6, 6.07) is 2.62. The van der Waals surface area contributed by atoms with Crippen LogP contribution < -0.4 is 10.7 Å². The van der Waals surface area contributed by atoms with Gasteiger partial charge in [-0.2, -0.15) is 0 Å². The van der Waals surface area contributed by atoms with E-state index in [1.807, 2.05) is 0 Å². The number of carbonyl (C=O) groups excluding carboxylic acids is 2. The molecule has 5 nitrogen and oxygen atoms in total. The van der Waals surface area contributed by atoms with Crippen molar-refractivity contribution in [3.8, 4) is 0 Å². The number of aromatic amines is 1. The van der Waals surface area contributed by atoms with E-state index >= 15 is 0 Å². The van der Waals surface area contributed by atoms with Crippen molar-refractivity contribution in [2.24, 2.45) is 0 Å². The number of anilines is 1. The van der Waals surface area contributed by atoms with E-state index < -0.39 is 28.8 Å². The summed E-state index contributed by atoms with van der Waals surface area (Å²) in [6.45, 7) is 2.73. The normalized spacial score (nSPS) is 10.4. The van der Waals surface area contributed by atoms with Gasteiger partial charge in [0, 0.05) is 18.0 Å². The van der Waals surface area contributed by atoms with Gasteiger partial charge in [0.2, 0.25) is 5.43 Å². The molecule has 0 fully saturated rings. The van der Waals surface area contributed by atoms with Gasteiger partial charge in [0.25, 0.3) is 5.91 Å². The molecule has 114 valence electrons. The van der Waals surface area contributed by atoms with E-state index in [0.29, 0.717) is 11.8 Å². The number of hydrogen-bond acceptors (Lipinski definition) is 3. The second kappa shape index (κ2) is 5.88. The van der Waals surface area contributed by atoms with Crippen LogP contribution in [0.3, 0.4) is 0 Å². The number of pyridine rings is 1. The van der Waals surface area contributed by atoms with Crippen molar-refractivity contribution >= 4 is 17.4 Å². The molecule has 1 amide bonds. The van der Waals surface area contributed by atoms with Gasteiger partial charge >= 0.3 is 0 Å². The highest BCUT2D eigenvalue weighted by Crippen LogP contribution is 2.15. The van der Waals surface area contributed by atoms with Crippen LogP contribution in [0.4, 0.5) is 14.5 Å². The maximum absolute atomic E-state index is 13.5. The molecule has 0 aliphatic carbocycles. The van der Waals surface area contributed by atoms with Crippen molar-refractivity contribution in [1.82, 2.24) is 4.98 Å². The average Bonchev–Trinajstić information content (AvgIpc) is 2.41. The van der Waals surface area contributed by atoms with E-state index in [-0.39, 0.29) is 16.8 Å². The third-order valence-corrected chi connectivity index (χ3v) is 3.06. The number of aryl methyl sites for hydroxylation is 1. The molecule has 0 spiro atoms. The number of halogens is 2. The number of hydrogen-bond donors (Lipinski definition) is 2. The highest BCUT2D eigenvalue weighted by molar-refractivity contribution is 6.06. The Labute approximate surface area is 124 Å². The average molecular weight is 306 g/mol. The first-order valence-corrected chi connectivity index (χ1v) is 6.31. The van der Waals surface area contributed by atoms with Gasteiger partial charge in [-0.05, 0) is 26.0 Å². The van der Waals surface area contributed by atoms with Crippen molar-refractivity contribution in [2.75, 3.05) is 5.32 Å². The number of H-pyrrole nitrogens is 1. The summed E-state index contributed by atoms with van der Waals surface area (Å²) in [5.41, 5.74) is -1.15. The van der Waals surface area contributed by atoms with Gasteiger partial charge in [0.1, 0.15) is 17.2 Å². The SMILES string of the molecule is CC(=O)c1c(C)[nH]cc(C(=O)Nc2ccc(F)cc2F)c1=O. The van der Waals surface area contributed by atoms with Gasteiger partial charge in [-0.1, -0.05) is 0 Å². The molecule has 2 N–H and O–H groups in total. The van der Waals surface area contributed by atoms with Gasteiger partial charge in [0.15, 0.2) is 5.78 Å². The summed E-state index contributed by atoms with van der Waals surface area (Å²) >= 11 is 0. The molecule has 0 aliphatic heterocycles. The summed E-state index contributed by atoms with van der Waals surface area (Å²) in [5.74, 6) is -3.14. The Morgan fingerprint density at radius 1 is 1.23 bits per heavy atom. The third-order valence-electron chi connectivity index (χ3n) is 3.06. The lowest BCUT2D eigenvalue weighted by Crippen LogP contribution is -2.27. The zero-order valence-electron chi connectivity index (χ0n) is 11.8. The van der Waals surface area contributed by atoms with Crippen LogP contribution in [0.25, 0.3) is 0 Å². The third kappa shape index (κ3) is 2.93. The standard InChI is InChI=1S/C15H12F2N2O3/c1-7-13(8(2)20)14(21)10(6-18-7)15(22)19-12-4-3-9(16)5-11(12)17/h3-6H,1-2H3,(H,18,21)(H,19,22). The van der Waals surface area contributed by atoms with Crippen LogP contribution in [-0.2, 0) is 0 Å². The first-order chi connectivity index (χ1) is 10.3. The summed E-state index contributed by atoms with van der Waals surface area (Å²) in [5, 5.41) is 2.17. The first-order valence-electron chi connectivity index (χ1n) is 6.31. The molecule has 7 heteroatoms. The fraction of sp³-hybridized carbons (Fsp3) is 0.133. The molecule has 0 unspecified atom stereocenters. The predicted octanol–water partition coefficient (Wildman–Crippen LogP) is 2.42. The number of amides is 1. The lowest BCUT2D eigenvalue weighted by atomic mass is 10.1.